The van der Waals surface area contributed by atoms with Gasteiger partial charge in [0.25, 0.3) is 0 Å². The molecule has 0 saturated heterocycles. The van der Waals surface area contributed by atoms with E-state index in [2.05, 4.69) is 30.4 Å². The van der Waals surface area contributed by atoms with Gasteiger partial charge in [0.05, 0.1) is 13.7 Å². The molecule has 2 aromatic rings. The molecule has 0 amide bonds. The fourth-order valence-corrected chi connectivity index (χ4v) is 2.27. The van der Waals surface area contributed by atoms with Crippen molar-refractivity contribution in [2.24, 2.45) is 0 Å². The van der Waals surface area contributed by atoms with Crippen LogP contribution in [0.4, 0.5) is 0 Å². The van der Waals surface area contributed by atoms with Crippen LogP contribution in [0.5, 0.6) is 5.75 Å². The lowest BCUT2D eigenvalue weighted by molar-refractivity contribution is 0.238. The van der Waals surface area contributed by atoms with E-state index in [0.29, 0.717) is 6.54 Å². The molecule has 3 heteroatoms. The Labute approximate surface area is 114 Å². The zero-order valence-electron chi connectivity index (χ0n) is 11.5. The van der Waals surface area contributed by atoms with Crippen LogP contribution in [0, 0.1) is 0 Å². The zero-order chi connectivity index (χ0) is 13.7. The first-order valence-electron chi connectivity index (χ1n) is 6.69. The molecule has 0 unspecified atom stereocenters. The highest BCUT2D eigenvalue weighted by Crippen LogP contribution is 2.27. The summed E-state index contributed by atoms with van der Waals surface area (Å²) in [6.07, 6.45) is 0.906. The third kappa shape index (κ3) is 3.06. The monoisotopic (exact) mass is 259 g/mol. The van der Waals surface area contributed by atoms with Gasteiger partial charge in [0.2, 0.25) is 0 Å². The quantitative estimate of drug-likeness (QED) is 0.838. The van der Waals surface area contributed by atoms with Gasteiger partial charge in [-0.05, 0) is 23.3 Å². The summed E-state index contributed by atoms with van der Waals surface area (Å²) in [5, 5.41) is 15.0. The molecule has 1 atom stereocenters. The summed E-state index contributed by atoms with van der Waals surface area (Å²) in [4.78, 5) is 0. The van der Waals surface area contributed by atoms with E-state index < -0.39 is 0 Å². The molecule has 0 heterocycles. The maximum absolute atomic E-state index is 9.25. The molecule has 0 aliphatic heterocycles. The van der Waals surface area contributed by atoms with Crippen LogP contribution in [-0.2, 0) is 6.54 Å². The second-order valence-corrected chi connectivity index (χ2v) is 4.64. The van der Waals surface area contributed by atoms with E-state index in [1.807, 2.05) is 18.2 Å². The number of aliphatic hydroxyl groups is 1. The number of rotatable bonds is 6. The Bertz CT molecular complexity index is 535. The smallest absolute Gasteiger partial charge is 0.123 e. The first-order valence-corrected chi connectivity index (χ1v) is 6.69. The normalized spacial score (nSPS) is 12.6. The van der Waals surface area contributed by atoms with E-state index in [1.54, 1.807) is 7.11 Å². The van der Waals surface area contributed by atoms with E-state index >= 15 is 0 Å². The standard InChI is InChI=1S/C16H21NO2/c1-3-13(11-18)17-10-15-14-7-5-4-6-12(14)8-9-16(15)19-2/h4-9,13,17-18H,3,10-11H2,1-2H3/t13-/m0/s1. The molecule has 2 N–H and O–H groups in total. The van der Waals surface area contributed by atoms with Gasteiger partial charge in [0, 0.05) is 18.2 Å². The fraction of sp³-hybridized carbons (Fsp3) is 0.375. The predicted octanol–water partition coefficient (Wildman–Crippen LogP) is 2.71. The molecule has 0 aromatic heterocycles. The van der Waals surface area contributed by atoms with Gasteiger partial charge in [-0.2, -0.15) is 0 Å². The lowest BCUT2D eigenvalue weighted by atomic mass is 10.0. The number of hydrogen-bond donors (Lipinski definition) is 2. The molecule has 2 rings (SSSR count). The summed E-state index contributed by atoms with van der Waals surface area (Å²) in [7, 11) is 1.69. The van der Waals surface area contributed by atoms with E-state index in [1.165, 1.54) is 10.8 Å². The summed E-state index contributed by atoms with van der Waals surface area (Å²) >= 11 is 0. The van der Waals surface area contributed by atoms with E-state index in [0.717, 1.165) is 17.7 Å². The van der Waals surface area contributed by atoms with E-state index in [4.69, 9.17) is 4.74 Å². The van der Waals surface area contributed by atoms with Gasteiger partial charge in [-0.3, -0.25) is 0 Å². The number of nitrogens with one attached hydrogen (secondary N) is 1. The van der Waals surface area contributed by atoms with E-state index in [-0.39, 0.29) is 12.6 Å². The Hall–Kier alpha value is -1.58. The molecule has 102 valence electrons. The predicted molar refractivity (Wildman–Crippen MR) is 78.5 cm³/mol. The minimum atomic E-state index is 0.128. The Morgan fingerprint density at radius 2 is 2.00 bits per heavy atom. The van der Waals surface area contributed by atoms with Gasteiger partial charge in [-0.1, -0.05) is 37.3 Å². The fourth-order valence-electron chi connectivity index (χ4n) is 2.27. The van der Waals surface area contributed by atoms with Crippen molar-refractivity contribution in [3.05, 3.63) is 42.0 Å². The van der Waals surface area contributed by atoms with Crippen LogP contribution >= 0.6 is 0 Å². The van der Waals surface area contributed by atoms with Crippen LogP contribution in [0.3, 0.4) is 0 Å². The zero-order valence-corrected chi connectivity index (χ0v) is 11.5. The number of ether oxygens (including phenoxy) is 1. The van der Waals surface area contributed by atoms with E-state index in [9.17, 15) is 5.11 Å². The van der Waals surface area contributed by atoms with Gasteiger partial charge >= 0.3 is 0 Å². The van der Waals surface area contributed by atoms with Crippen LogP contribution in [0.1, 0.15) is 18.9 Å². The molecule has 2 aromatic carbocycles. The van der Waals surface area contributed by atoms with Gasteiger partial charge in [-0.15, -0.1) is 0 Å². The van der Waals surface area contributed by atoms with Crippen molar-refractivity contribution in [1.29, 1.82) is 0 Å². The number of benzene rings is 2. The Balaban J connectivity index is 2.33. The number of aliphatic hydroxyl groups excluding tert-OH is 1. The number of hydrogen-bond acceptors (Lipinski definition) is 3. The largest absolute Gasteiger partial charge is 0.496 e. The third-order valence-electron chi connectivity index (χ3n) is 3.50. The molecule has 0 bridgehead atoms. The maximum Gasteiger partial charge on any atom is 0.123 e. The van der Waals surface area contributed by atoms with Crippen molar-refractivity contribution >= 4 is 10.8 Å². The first kappa shape index (κ1) is 13.8. The van der Waals surface area contributed by atoms with Crippen LogP contribution in [-0.4, -0.2) is 24.9 Å². The van der Waals surface area contributed by atoms with Crippen molar-refractivity contribution in [2.75, 3.05) is 13.7 Å². The highest BCUT2D eigenvalue weighted by molar-refractivity contribution is 5.87. The molecule has 19 heavy (non-hydrogen) atoms. The highest BCUT2D eigenvalue weighted by atomic mass is 16.5. The van der Waals surface area contributed by atoms with Gasteiger partial charge in [0.15, 0.2) is 0 Å². The first-order chi connectivity index (χ1) is 9.30. The number of fused-ring (bicyclic) bond motifs is 1. The molecule has 0 aliphatic rings. The van der Waals surface area contributed by atoms with Crippen LogP contribution in [0.25, 0.3) is 10.8 Å². The maximum atomic E-state index is 9.25. The van der Waals surface area contributed by atoms with Crippen molar-refractivity contribution in [3.63, 3.8) is 0 Å². The molecular weight excluding hydrogens is 238 g/mol. The SMILES string of the molecule is CC[C@@H](CO)NCc1c(OC)ccc2ccccc12. The summed E-state index contributed by atoms with van der Waals surface area (Å²) in [5.74, 6) is 0.888. The Morgan fingerprint density at radius 3 is 2.68 bits per heavy atom. The minimum Gasteiger partial charge on any atom is -0.496 e. The lowest BCUT2D eigenvalue weighted by Crippen LogP contribution is -2.31. The molecule has 0 saturated carbocycles. The Morgan fingerprint density at radius 1 is 1.21 bits per heavy atom. The van der Waals surface area contributed by atoms with Gasteiger partial charge in [0.1, 0.15) is 5.75 Å². The second-order valence-electron chi connectivity index (χ2n) is 4.64. The average molecular weight is 259 g/mol. The van der Waals surface area contributed by atoms with Crippen molar-refractivity contribution in [1.82, 2.24) is 5.32 Å². The van der Waals surface area contributed by atoms with Crippen LogP contribution < -0.4 is 10.1 Å². The van der Waals surface area contributed by atoms with Crippen molar-refractivity contribution in [2.45, 2.75) is 25.9 Å². The molecular formula is C16H21NO2. The molecule has 0 radical (unpaired) electrons. The summed E-state index contributed by atoms with van der Waals surface area (Å²) in [5.41, 5.74) is 1.15. The second kappa shape index (κ2) is 6.55. The molecule has 0 spiro atoms. The van der Waals surface area contributed by atoms with Crippen LogP contribution in [0.2, 0.25) is 0 Å². The topological polar surface area (TPSA) is 41.5 Å². The molecule has 0 aliphatic carbocycles. The van der Waals surface area contributed by atoms with Gasteiger partial charge in [-0.25, -0.2) is 0 Å². The van der Waals surface area contributed by atoms with Gasteiger partial charge < -0.3 is 15.2 Å². The average Bonchev–Trinajstić information content (AvgIpc) is 2.48. The van der Waals surface area contributed by atoms with Crippen molar-refractivity contribution in [3.8, 4) is 5.75 Å². The van der Waals surface area contributed by atoms with Crippen molar-refractivity contribution < 1.29 is 9.84 Å². The lowest BCUT2D eigenvalue weighted by Gasteiger charge is -2.17. The molecule has 0 fully saturated rings. The third-order valence-corrected chi connectivity index (χ3v) is 3.50. The summed E-state index contributed by atoms with van der Waals surface area (Å²) < 4.78 is 5.45. The minimum absolute atomic E-state index is 0.128. The number of methoxy groups -OCH3 is 1. The highest BCUT2D eigenvalue weighted by Gasteiger charge is 2.10. The Kier molecular flexibility index (Phi) is 4.77. The summed E-state index contributed by atoms with van der Waals surface area (Å²) in [6.45, 7) is 2.92. The molecule has 3 nitrogen and oxygen atoms in total. The summed E-state index contributed by atoms with van der Waals surface area (Å²) in [6, 6.07) is 12.5. The van der Waals surface area contributed by atoms with Crippen LogP contribution in [0.15, 0.2) is 36.4 Å².